The van der Waals surface area contributed by atoms with E-state index in [2.05, 4.69) is 20.8 Å². The maximum atomic E-state index is 5.24. The molecule has 2 rings (SSSR count). The van der Waals surface area contributed by atoms with Gasteiger partial charge in [0.25, 0.3) is 0 Å². The fourth-order valence-electron chi connectivity index (χ4n) is 1.39. The van der Waals surface area contributed by atoms with Gasteiger partial charge in [-0.25, -0.2) is 0 Å². The van der Waals surface area contributed by atoms with E-state index in [-0.39, 0.29) is 13.1 Å². The number of para-hydroxylation sites is 2. The van der Waals surface area contributed by atoms with Crippen LogP contribution in [0.4, 0.5) is 0 Å². The quantitative estimate of drug-likeness (QED) is 0.152. The summed E-state index contributed by atoms with van der Waals surface area (Å²) >= 11 is 9.79. The molecule has 0 heterocycles. The van der Waals surface area contributed by atoms with Gasteiger partial charge in [-0.3, -0.25) is 0 Å². The Morgan fingerprint density at radius 3 is 1.10 bits per heavy atom. The third kappa shape index (κ3) is 13.2. The third-order valence-electron chi connectivity index (χ3n) is 2.52. The van der Waals surface area contributed by atoms with Crippen LogP contribution in [0.25, 0.3) is 20.8 Å². The molecule has 0 aliphatic carbocycles. The van der Waals surface area contributed by atoms with Gasteiger partial charge in [0.15, 0.2) is 0 Å². The molecule has 29 heavy (non-hydrogen) atoms. The molecule has 8 N–H and O–H groups in total. The predicted octanol–water partition coefficient (Wildman–Crippen LogP) is 4.95. The molecule has 0 bridgehead atoms. The molecular formula is C12H18Cl2MnN8O2P2S2-4. The third-order valence-corrected chi connectivity index (χ3v) is 6.16. The van der Waals surface area contributed by atoms with E-state index < -0.39 is 13.1 Å². The Labute approximate surface area is 194 Å². The summed E-state index contributed by atoms with van der Waals surface area (Å²) in [7, 11) is 9.59. The van der Waals surface area contributed by atoms with Crippen LogP contribution in [0.15, 0.2) is 60.7 Å². The summed E-state index contributed by atoms with van der Waals surface area (Å²) in [5.41, 5.74) is 0. The predicted molar refractivity (Wildman–Crippen MR) is 125 cm³/mol. The maximum absolute atomic E-state index is 5.24. The molecule has 0 amide bonds. The van der Waals surface area contributed by atoms with Crippen LogP contribution in [0.5, 0.6) is 11.5 Å². The van der Waals surface area contributed by atoms with Gasteiger partial charge in [0, 0.05) is 0 Å². The summed E-state index contributed by atoms with van der Waals surface area (Å²) in [6.45, 7) is -5.53. The van der Waals surface area contributed by atoms with Crippen LogP contribution in [0, 0.1) is 0 Å². The Morgan fingerprint density at radius 1 is 0.655 bits per heavy atom. The zero-order chi connectivity index (χ0) is 22.2. The van der Waals surface area contributed by atoms with E-state index in [1.807, 2.05) is 36.4 Å². The van der Waals surface area contributed by atoms with Crippen molar-refractivity contribution < 1.29 is 22.2 Å². The summed E-state index contributed by atoms with van der Waals surface area (Å²) in [4.78, 5) is 0. The Kier molecular flexibility index (Phi) is 16.8. The van der Waals surface area contributed by atoms with Crippen LogP contribution >= 0.6 is 33.3 Å². The van der Waals surface area contributed by atoms with E-state index >= 15 is 0 Å². The van der Waals surface area contributed by atoms with Gasteiger partial charge in [0.1, 0.15) is 11.5 Å². The van der Waals surface area contributed by atoms with Crippen molar-refractivity contribution >= 4 is 56.9 Å². The van der Waals surface area contributed by atoms with Crippen LogP contribution in [0.3, 0.4) is 0 Å². The number of halogens is 2. The standard InChI is InChI=1S/2C6H9N4OPS.2ClH.Mn/c2*7-9-12(13,10-8)11-6-4-2-1-3-5-6;;;/h2*1-5H,7-8H2;2*1H;/q2*-2;;;+2/p-2. The molecule has 0 saturated carbocycles. The second-order valence-corrected chi connectivity index (χ2v) is 12.4. The second-order valence-electron chi connectivity index (χ2n) is 4.31. The van der Waals surface area contributed by atoms with Gasteiger partial charge in [-0.1, -0.05) is 60.0 Å². The molecule has 17 heteroatoms. The summed E-state index contributed by atoms with van der Waals surface area (Å²) in [6.07, 6.45) is 0. The van der Waals surface area contributed by atoms with Gasteiger partial charge >= 0.3 is 33.3 Å². The molecule has 0 unspecified atom stereocenters. The molecule has 0 aliphatic rings. The summed E-state index contributed by atoms with van der Waals surface area (Å²) in [6, 6.07) is 17.9. The molecule has 0 radical (unpaired) electrons. The molecule has 0 atom stereocenters. The Hall–Kier alpha value is 0.119. The van der Waals surface area contributed by atoms with E-state index in [1.54, 1.807) is 24.3 Å². The van der Waals surface area contributed by atoms with Gasteiger partial charge in [-0.05, 0) is 37.4 Å². The molecule has 2 aromatic carbocycles. The van der Waals surface area contributed by atoms with Crippen molar-refractivity contribution in [2.24, 2.45) is 23.4 Å². The fraction of sp³-hybridized carbons (Fsp3) is 0. The SMILES string of the molecule is N[N-]P(=S)([N-]N)Oc1ccccc1.N[N-]P(=S)([N-]N)Oc1ccccc1.[Cl][Mn][Cl]. The fourth-order valence-corrected chi connectivity index (χ4v) is 3.01. The van der Waals surface area contributed by atoms with Gasteiger partial charge in [-0.15, -0.1) is 0 Å². The summed E-state index contributed by atoms with van der Waals surface area (Å²) in [5.74, 6) is 21.3. The zero-order valence-electron chi connectivity index (χ0n) is 14.5. The van der Waals surface area contributed by atoms with E-state index in [0.29, 0.717) is 11.5 Å². The van der Waals surface area contributed by atoms with Crippen molar-refractivity contribution in [1.29, 1.82) is 0 Å². The monoisotopic (exact) mass is 557 g/mol. The minimum absolute atomic E-state index is 0.00694. The number of hydrogen-bond donors (Lipinski definition) is 4. The first-order chi connectivity index (χ1) is 13.8. The topological polar surface area (TPSA) is 179 Å². The first kappa shape index (κ1) is 29.1. The number of hydrogen-bond acceptors (Lipinski definition) is 8. The average Bonchev–Trinajstić information content (AvgIpc) is 2.76. The molecule has 0 saturated heterocycles. The van der Waals surface area contributed by atoms with E-state index in [9.17, 15) is 0 Å². The summed E-state index contributed by atoms with van der Waals surface area (Å²) < 4.78 is 10.5. The number of benzene rings is 2. The normalized spacial score (nSPS) is 10.7. The summed E-state index contributed by atoms with van der Waals surface area (Å²) in [5, 5.41) is 13.4. The van der Waals surface area contributed by atoms with E-state index in [4.69, 9.17) is 76.2 Å². The van der Waals surface area contributed by atoms with Crippen molar-refractivity contribution in [1.82, 2.24) is 0 Å². The van der Waals surface area contributed by atoms with Gasteiger partial charge in [0.05, 0.1) is 0 Å². The van der Waals surface area contributed by atoms with E-state index in [1.165, 1.54) is 0 Å². The molecule has 0 aromatic heterocycles. The average molecular weight is 558 g/mol. The zero-order valence-corrected chi connectivity index (χ0v) is 20.6. The van der Waals surface area contributed by atoms with Crippen molar-refractivity contribution in [3.8, 4) is 11.5 Å². The molecule has 0 fully saturated rings. The first-order valence-electron chi connectivity index (χ1n) is 7.08. The van der Waals surface area contributed by atoms with Crippen molar-refractivity contribution in [3.63, 3.8) is 0 Å². The van der Waals surface area contributed by atoms with Crippen molar-refractivity contribution in [2.75, 3.05) is 0 Å². The number of nitrogens with zero attached hydrogens (tertiary/aromatic N) is 4. The molecule has 2 aromatic rings. The number of nitrogens with two attached hydrogens (primary N) is 4. The van der Waals surface area contributed by atoms with Crippen molar-refractivity contribution in [3.05, 3.63) is 81.4 Å². The van der Waals surface area contributed by atoms with Crippen LogP contribution in [-0.4, -0.2) is 0 Å². The number of rotatable bonds is 8. The van der Waals surface area contributed by atoms with E-state index in [0.717, 1.165) is 0 Å². The van der Waals surface area contributed by atoms with Crippen LogP contribution in [-0.2, 0) is 36.7 Å². The van der Waals surface area contributed by atoms with Crippen molar-refractivity contribution in [2.45, 2.75) is 0 Å². The van der Waals surface area contributed by atoms with Gasteiger partial charge in [0.2, 0.25) is 0 Å². The van der Waals surface area contributed by atoms with Gasteiger partial charge in [-0.2, -0.15) is 0 Å². The Morgan fingerprint density at radius 2 is 0.897 bits per heavy atom. The Bertz CT molecular complexity index is 693. The van der Waals surface area contributed by atoms with Gasteiger partial charge < -0.3 is 53.2 Å². The first-order valence-corrected chi connectivity index (χ1v) is 15.6. The molecule has 0 aliphatic heterocycles. The molecule has 0 spiro atoms. The molecule has 10 nitrogen and oxygen atoms in total. The minimum atomic E-state index is -2.76. The van der Waals surface area contributed by atoms with Crippen LogP contribution in [0.2, 0.25) is 0 Å². The molecule has 165 valence electrons. The Balaban J connectivity index is 0.000000477. The van der Waals surface area contributed by atoms with Crippen LogP contribution < -0.4 is 32.4 Å². The second kappa shape index (κ2) is 16.8. The van der Waals surface area contributed by atoms with Crippen LogP contribution in [0.1, 0.15) is 0 Å². The molecular weight excluding hydrogens is 540 g/mol.